The van der Waals surface area contributed by atoms with Gasteiger partial charge >= 0.3 is 12.3 Å². The maximum absolute atomic E-state index is 12.3. The minimum Gasteiger partial charge on any atom is -0.465 e. The average Bonchev–Trinajstić information content (AvgIpc) is 2.72. The topological polar surface area (TPSA) is 35.5 Å². The van der Waals surface area contributed by atoms with E-state index in [0.717, 1.165) is 39.6 Å². The van der Waals surface area contributed by atoms with Crippen LogP contribution in [0, 0.1) is 0 Å². The molecule has 7 heteroatoms. The van der Waals surface area contributed by atoms with Crippen LogP contribution in [0.5, 0.6) is 5.75 Å². The Morgan fingerprint density at radius 3 is 2.13 bits per heavy atom. The molecule has 0 amide bonds. The van der Waals surface area contributed by atoms with Gasteiger partial charge in [0, 0.05) is 4.47 Å². The van der Waals surface area contributed by atoms with Gasteiger partial charge in [0.2, 0.25) is 0 Å². The molecule has 0 heterocycles. The minimum atomic E-state index is -4.71. The third-order valence-corrected chi connectivity index (χ3v) is 5.30. The molecule has 0 saturated carbocycles. The van der Waals surface area contributed by atoms with Crippen LogP contribution in [0.3, 0.4) is 0 Å². The average molecular weight is 479 g/mol. The molecule has 0 aliphatic rings. The second kappa shape index (κ2) is 9.34. The summed E-state index contributed by atoms with van der Waals surface area (Å²) in [4.78, 5) is 11.5. The summed E-state index contributed by atoms with van der Waals surface area (Å²) in [7, 11) is 1.34. The molecule has 0 radical (unpaired) electrons. The fourth-order valence-electron chi connectivity index (χ4n) is 3.00. The predicted octanol–water partition coefficient (Wildman–Crippen LogP) is 6.59. The third kappa shape index (κ3) is 5.86. The monoisotopic (exact) mass is 478 g/mol. The number of methoxy groups -OCH3 is 1. The zero-order valence-electron chi connectivity index (χ0n) is 16.0. The van der Waals surface area contributed by atoms with Crippen molar-refractivity contribution in [3.8, 4) is 16.9 Å². The zero-order valence-corrected chi connectivity index (χ0v) is 17.6. The summed E-state index contributed by atoms with van der Waals surface area (Å²) in [6, 6.07) is 18.9. The molecule has 0 bridgehead atoms. The molecule has 0 N–H and O–H groups in total. The highest BCUT2D eigenvalue weighted by molar-refractivity contribution is 9.10. The van der Waals surface area contributed by atoms with Gasteiger partial charge in [-0.1, -0.05) is 52.3 Å². The van der Waals surface area contributed by atoms with Crippen LogP contribution < -0.4 is 4.74 Å². The van der Waals surface area contributed by atoms with Crippen LogP contribution in [0.1, 0.15) is 21.5 Å². The molecule has 0 atom stereocenters. The zero-order chi connectivity index (χ0) is 21.7. The molecule has 0 unspecified atom stereocenters. The van der Waals surface area contributed by atoms with Gasteiger partial charge in [-0.3, -0.25) is 0 Å². The van der Waals surface area contributed by atoms with Crippen molar-refractivity contribution < 1.29 is 27.4 Å². The fraction of sp³-hybridized carbons (Fsp3) is 0.174. The number of halogens is 4. The van der Waals surface area contributed by atoms with E-state index in [2.05, 4.69) is 20.7 Å². The van der Waals surface area contributed by atoms with Crippen LogP contribution in [0.4, 0.5) is 13.2 Å². The molecule has 0 spiro atoms. The quantitative estimate of drug-likeness (QED) is 0.375. The Balaban J connectivity index is 1.71. The van der Waals surface area contributed by atoms with Crippen LogP contribution >= 0.6 is 15.9 Å². The smallest absolute Gasteiger partial charge is 0.465 e. The van der Waals surface area contributed by atoms with Crippen LogP contribution in [-0.2, 0) is 17.6 Å². The summed E-state index contributed by atoms with van der Waals surface area (Å²) < 4.78 is 46.5. The maximum Gasteiger partial charge on any atom is 0.573 e. The van der Waals surface area contributed by atoms with Gasteiger partial charge in [-0.25, -0.2) is 4.79 Å². The Labute approximate surface area is 180 Å². The summed E-state index contributed by atoms with van der Waals surface area (Å²) in [5, 5.41) is 0. The number of esters is 1. The van der Waals surface area contributed by atoms with Gasteiger partial charge in [0.15, 0.2) is 0 Å². The first-order valence-corrected chi connectivity index (χ1v) is 9.86. The third-order valence-electron chi connectivity index (χ3n) is 4.52. The Bertz CT molecular complexity index is 1010. The van der Waals surface area contributed by atoms with Crippen LogP contribution in [0.25, 0.3) is 11.1 Å². The molecule has 0 aromatic heterocycles. The molecular formula is C23H18BrF3O3. The van der Waals surface area contributed by atoms with E-state index >= 15 is 0 Å². The van der Waals surface area contributed by atoms with E-state index in [9.17, 15) is 18.0 Å². The summed E-state index contributed by atoms with van der Waals surface area (Å²) in [5.74, 6) is -0.623. The Kier molecular flexibility index (Phi) is 6.82. The number of rotatable bonds is 6. The van der Waals surface area contributed by atoms with Gasteiger partial charge in [-0.2, -0.15) is 0 Å². The lowest BCUT2D eigenvalue weighted by molar-refractivity contribution is -0.274. The second-order valence-corrected chi connectivity index (χ2v) is 7.42. The molecule has 0 aliphatic carbocycles. The van der Waals surface area contributed by atoms with Gasteiger partial charge < -0.3 is 9.47 Å². The standard InChI is InChI=1S/C23H18BrF3O3/c1-29-22(28)17-5-2-15(3-6-17)4-7-19-14-18(10-13-21(19)24)16-8-11-20(12-9-16)30-23(25,26)27/h2-3,5-6,8-14H,4,7H2,1H3. The summed E-state index contributed by atoms with van der Waals surface area (Å²) >= 11 is 3.56. The van der Waals surface area contributed by atoms with Crippen LogP contribution in [0.15, 0.2) is 71.2 Å². The van der Waals surface area contributed by atoms with E-state index in [4.69, 9.17) is 4.74 Å². The number of alkyl halides is 3. The lowest BCUT2D eigenvalue weighted by Gasteiger charge is -2.11. The van der Waals surface area contributed by atoms with Crippen molar-refractivity contribution >= 4 is 21.9 Å². The normalized spacial score (nSPS) is 11.2. The van der Waals surface area contributed by atoms with E-state index in [1.807, 2.05) is 30.3 Å². The SMILES string of the molecule is COC(=O)c1ccc(CCc2cc(-c3ccc(OC(F)(F)F)cc3)ccc2Br)cc1. The van der Waals surface area contributed by atoms with Crippen LogP contribution in [0.2, 0.25) is 0 Å². The molecule has 0 fully saturated rings. The number of carbonyl (C=O) groups is 1. The predicted molar refractivity (Wildman–Crippen MR) is 111 cm³/mol. The molecule has 3 aromatic carbocycles. The van der Waals surface area contributed by atoms with Crippen molar-refractivity contribution in [1.29, 1.82) is 0 Å². The van der Waals surface area contributed by atoms with Crippen molar-refractivity contribution in [2.24, 2.45) is 0 Å². The summed E-state index contributed by atoms with van der Waals surface area (Å²) in [6.45, 7) is 0. The van der Waals surface area contributed by atoms with E-state index in [1.54, 1.807) is 24.3 Å². The summed E-state index contributed by atoms with van der Waals surface area (Å²) in [6.07, 6.45) is -3.19. The lowest BCUT2D eigenvalue weighted by atomic mass is 9.99. The molecule has 30 heavy (non-hydrogen) atoms. The van der Waals surface area contributed by atoms with E-state index in [-0.39, 0.29) is 11.7 Å². The number of ether oxygens (including phenoxy) is 2. The first-order valence-electron chi connectivity index (χ1n) is 9.07. The maximum atomic E-state index is 12.3. The molecule has 3 nitrogen and oxygen atoms in total. The minimum absolute atomic E-state index is 0.251. The van der Waals surface area contributed by atoms with Gasteiger partial charge in [-0.15, -0.1) is 13.2 Å². The highest BCUT2D eigenvalue weighted by Crippen LogP contribution is 2.29. The van der Waals surface area contributed by atoms with Gasteiger partial charge in [0.25, 0.3) is 0 Å². The number of carbonyl (C=O) groups excluding carboxylic acids is 1. The number of benzene rings is 3. The molecule has 156 valence electrons. The van der Waals surface area contributed by atoms with E-state index in [1.165, 1.54) is 19.2 Å². The van der Waals surface area contributed by atoms with Gasteiger partial charge in [-0.05, 0) is 65.4 Å². The van der Waals surface area contributed by atoms with Crippen LogP contribution in [-0.4, -0.2) is 19.4 Å². The largest absolute Gasteiger partial charge is 0.573 e. The van der Waals surface area contributed by atoms with Crippen molar-refractivity contribution in [1.82, 2.24) is 0 Å². The first-order chi connectivity index (χ1) is 14.2. The lowest BCUT2D eigenvalue weighted by Crippen LogP contribution is -2.16. The molecular weight excluding hydrogens is 461 g/mol. The van der Waals surface area contributed by atoms with Crippen molar-refractivity contribution in [2.75, 3.05) is 7.11 Å². The van der Waals surface area contributed by atoms with Gasteiger partial charge in [0.1, 0.15) is 5.75 Å². The fourth-order valence-corrected chi connectivity index (χ4v) is 3.44. The number of hydrogen-bond donors (Lipinski definition) is 0. The number of hydrogen-bond acceptors (Lipinski definition) is 3. The highest BCUT2D eigenvalue weighted by atomic mass is 79.9. The Morgan fingerprint density at radius 2 is 1.53 bits per heavy atom. The molecule has 3 aromatic rings. The molecule has 0 saturated heterocycles. The van der Waals surface area contributed by atoms with Crippen molar-refractivity contribution in [3.05, 3.63) is 87.9 Å². The van der Waals surface area contributed by atoms with E-state index < -0.39 is 6.36 Å². The molecule has 3 rings (SSSR count). The Morgan fingerprint density at radius 1 is 0.900 bits per heavy atom. The first kappa shape index (κ1) is 21.9. The van der Waals surface area contributed by atoms with E-state index in [0.29, 0.717) is 5.56 Å². The molecule has 0 aliphatic heterocycles. The van der Waals surface area contributed by atoms with Crippen molar-refractivity contribution in [2.45, 2.75) is 19.2 Å². The van der Waals surface area contributed by atoms with Crippen molar-refractivity contribution in [3.63, 3.8) is 0 Å². The second-order valence-electron chi connectivity index (χ2n) is 6.57. The summed E-state index contributed by atoms with van der Waals surface area (Å²) in [5.41, 5.74) is 4.34. The highest BCUT2D eigenvalue weighted by Gasteiger charge is 2.30. The van der Waals surface area contributed by atoms with Gasteiger partial charge in [0.05, 0.1) is 12.7 Å². The Hall–Kier alpha value is -2.80. The number of aryl methyl sites for hydroxylation is 2.